The van der Waals surface area contributed by atoms with Gasteiger partial charge >= 0.3 is 0 Å². The van der Waals surface area contributed by atoms with Crippen LogP contribution in [-0.2, 0) is 4.79 Å². The standard InChI is InChI=1S/C31H30N2O/c1-7-28(30(24(4)34)27-20-18-22(2)19-21-27)33(6)31(32-5)29(26-16-12-9-13-17-26)23(3)25-14-10-8-11-15-25/h7-21H,1,3,5H2,2,4,6H3/b30-28+,31-29+. The third kappa shape index (κ3) is 5.21. The molecule has 0 saturated carbocycles. The molecule has 170 valence electrons. The summed E-state index contributed by atoms with van der Waals surface area (Å²) in [5, 5.41) is 0. The fourth-order valence-electron chi connectivity index (χ4n) is 3.95. The van der Waals surface area contributed by atoms with Crippen LogP contribution in [0.2, 0.25) is 0 Å². The number of nitrogens with zero attached hydrogens (tertiary/aromatic N) is 2. The zero-order valence-electron chi connectivity index (χ0n) is 20.1. The lowest BCUT2D eigenvalue weighted by atomic mass is 9.92. The number of ketones is 1. The average Bonchev–Trinajstić information content (AvgIpc) is 2.86. The summed E-state index contributed by atoms with van der Waals surface area (Å²) < 4.78 is 0. The van der Waals surface area contributed by atoms with Crippen molar-refractivity contribution in [2.75, 3.05) is 7.05 Å². The van der Waals surface area contributed by atoms with Crippen LogP contribution >= 0.6 is 0 Å². The van der Waals surface area contributed by atoms with Gasteiger partial charge in [-0.3, -0.25) is 4.79 Å². The highest BCUT2D eigenvalue weighted by atomic mass is 16.1. The molecule has 0 unspecified atom stereocenters. The van der Waals surface area contributed by atoms with Crippen molar-refractivity contribution >= 4 is 29.2 Å². The third-order valence-electron chi connectivity index (χ3n) is 5.68. The maximum absolute atomic E-state index is 12.8. The van der Waals surface area contributed by atoms with Crippen LogP contribution < -0.4 is 0 Å². The SMILES string of the molecule is C=C/C(=C(/C(C)=O)c1ccc(C)cc1)N(C)/C(N=C)=C(\C(=C)c1ccccc1)c1ccccc1. The molecule has 0 aromatic heterocycles. The highest BCUT2D eigenvalue weighted by Gasteiger charge is 2.22. The van der Waals surface area contributed by atoms with E-state index in [1.54, 1.807) is 13.0 Å². The van der Waals surface area contributed by atoms with Crippen LogP contribution in [0, 0.1) is 6.92 Å². The van der Waals surface area contributed by atoms with Gasteiger partial charge in [-0.25, -0.2) is 4.99 Å². The van der Waals surface area contributed by atoms with E-state index in [0.29, 0.717) is 17.1 Å². The fourth-order valence-corrected chi connectivity index (χ4v) is 3.95. The summed E-state index contributed by atoms with van der Waals surface area (Å²) >= 11 is 0. The van der Waals surface area contributed by atoms with E-state index < -0.39 is 0 Å². The summed E-state index contributed by atoms with van der Waals surface area (Å²) in [5.41, 5.74) is 6.73. The molecule has 0 bridgehead atoms. The van der Waals surface area contributed by atoms with E-state index in [2.05, 4.69) is 24.9 Å². The third-order valence-corrected chi connectivity index (χ3v) is 5.68. The molecule has 0 aliphatic rings. The molecule has 0 spiro atoms. The summed E-state index contributed by atoms with van der Waals surface area (Å²) in [5.74, 6) is 0.526. The number of hydrogen-bond acceptors (Lipinski definition) is 3. The highest BCUT2D eigenvalue weighted by molar-refractivity contribution is 6.21. The van der Waals surface area contributed by atoms with E-state index in [4.69, 9.17) is 0 Å². The molecule has 3 heteroatoms. The van der Waals surface area contributed by atoms with Crippen LogP contribution in [0.4, 0.5) is 0 Å². The molecule has 0 amide bonds. The van der Waals surface area contributed by atoms with Gasteiger partial charge in [0.15, 0.2) is 5.78 Å². The lowest BCUT2D eigenvalue weighted by Crippen LogP contribution is -2.20. The molecule has 0 N–H and O–H groups in total. The van der Waals surface area contributed by atoms with Crippen LogP contribution in [0.25, 0.3) is 16.7 Å². The number of allylic oxidation sites excluding steroid dienone is 4. The second-order valence-corrected chi connectivity index (χ2v) is 8.01. The van der Waals surface area contributed by atoms with Gasteiger partial charge in [0.1, 0.15) is 5.82 Å². The Kier molecular flexibility index (Phi) is 7.94. The molecule has 0 saturated heterocycles. The Morgan fingerprint density at radius 1 is 0.824 bits per heavy atom. The molecule has 0 fully saturated rings. The first-order valence-corrected chi connectivity index (χ1v) is 11.1. The van der Waals surface area contributed by atoms with E-state index in [1.807, 2.05) is 104 Å². The Bertz CT molecular complexity index is 1260. The molecule has 34 heavy (non-hydrogen) atoms. The predicted octanol–water partition coefficient (Wildman–Crippen LogP) is 7.20. The van der Waals surface area contributed by atoms with Gasteiger partial charge < -0.3 is 4.90 Å². The molecule has 3 aromatic carbocycles. The van der Waals surface area contributed by atoms with Crippen LogP contribution in [0.15, 0.2) is 121 Å². The molecule has 3 aromatic rings. The van der Waals surface area contributed by atoms with Crippen LogP contribution in [0.3, 0.4) is 0 Å². The van der Waals surface area contributed by atoms with Crippen molar-refractivity contribution in [2.24, 2.45) is 4.99 Å². The number of aliphatic imine (C=N–C) groups is 1. The topological polar surface area (TPSA) is 32.7 Å². The Balaban J connectivity index is 2.29. The molecule has 0 aliphatic heterocycles. The van der Waals surface area contributed by atoms with Gasteiger partial charge in [-0.1, -0.05) is 104 Å². The van der Waals surface area contributed by atoms with Gasteiger partial charge in [-0.15, -0.1) is 0 Å². The van der Waals surface area contributed by atoms with Crippen LogP contribution in [-0.4, -0.2) is 24.4 Å². The number of Topliss-reactive ketones (excluding diaryl/α,β-unsaturated/α-hetero) is 1. The van der Waals surface area contributed by atoms with E-state index in [-0.39, 0.29) is 5.78 Å². The van der Waals surface area contributed by atoms with E-state index in [0.717, 1.165) is 33.4 Å². The molecule has 3 rings (SSSR count). The van der Waals surface area contributed by atoms with E-state index >= 15 is 0 Å². The van der Waals surface area contributed by atoms with Crippen molar-refractivity contribution in [2.45, 2.75) is 13.8 Å². The molecule has 3 nitrogen and oxygen atoms in total. The van der Waals surface area contributed by atoms with Gasteiger partial charge in [0.25, 0.3) is 0 Å². The van der Waals surface area contributed by atoms with Gasteiger partial charge in [-0.05, 0) is 48.9 Å². The first-order chi connectivity index (χ1) is 16.4. The number of rotatable bonds is 9. The molecule has 0 atom stereocenters. The molecule has 0 heterocycles. The lowest BCUT2D eigenvalue weighted by molar-refractivity contribution is -0.111. The second-order valence-electron chi connectivity index (χ2n) is 8.01. The Labute approximate surface area is 202 Å². The van der Waals surface area contributed by atoms with Gasteiger partial charge in [-0.2, -0.15) is 0 Å². The molecular weight excluding hydrogens is 416 g/mol. The minimum atomic E-state index is -0.0582. The van der Waals surface area contributed by atoms with E-state index in [9.17, 15) is 4.79 Å². The van der Waals surface area contributed by atoms with Crippen molar-refractivity contribution < 1.29 is 4.79 Å². The molecule has 0 aliphatic carbocycles. The Morgan fingerprint density at radius 3 is 1.79 bits per heavy atom. The van der Waals surface area contributed by atoms with Gasteiger partial charge in [0, 0.05) is 18.2 Å². The maximum atomic E-state index is 12.8. The number of carbonyl (C=O) groups excluding carboxylic acids is 1. The first kappa shape index (κ1) is 24.4. The zero-order chi connectivity index (χ0) is 24.7. The summed E-state index contributed by atoms with van der Waals surface area (Å²) in [6.45, 7) is 15.9. The zero-order valence-corrected chi connectivity index (χ0v) is 20.1. The summed E-state index contributed by atoms with van der Waals surface area (Å²) in [6, 6.07) is 27.8. The normalized spacial score (nSPS) is 12.2. The first-order valence-electron chi connectivity index (χ1n) is 11.1. The Morgan fingerprint density at radius 2 is 1.32 bits per heavy atom. The van der Waals surface area contributed by atoms with Gasteiger partial charge in [0.2, 0.25) is 0 Å². The fraction of sp³-hybridized carbons (Fsp3) is 0.0968. The van der Waals surface area contributed by atoms with Crippen LogP contribution in [0.5, 0.6) is 0 Å². The summed E-state index contributed by atoms with van der Waals surface area (Å²) in [6.07, 6.45) is 1.69. The smallest absolute Gasteiger partial charge is 0.162 e. The van der Waals surface area contributed by atoms with Crippen LogP contribution in [0.1, 0.15) is 29.2 Å². The largest absolute Gasteiger partial charge is 0.328 e. The number of aryl methyl sites for hydroxylation is 1. The van der Waals surface area contributed by atoms with Gasteiger partial charge in [0.05, 0.1) is 5.70 Å². The highest BCUT2D eigenvalue weighted by Crippen LogP contribution is 2.36. The van der Waals surface area contributed by atoms with Crippen molar-refractivity contribution in [3.63, 3.8) is 0 Å². The quantitative estimate of drug-likeness (QED) is 0.198. The monoisotopic (exact) mass is 446 g/mol. The van der Waals surface area contributed by atoms with Crippen molar-refractivity contribution in [3.8, 4) is 0 Å². The summed E-state index contributed by atoms with van der Waals surface area (Å²) in [7, 11) is 1.87. The van der Waals surface area contributed by atoms with Crippen molar-refractivity contribution in [3.05, 3.63) is 138 Å². The summed E-state index contributed by atoms with van der Waals surface area (Å²) in [4.78, 5) is 19.1. The minimum absolute atomic E-state index is 0.0582. The lowest BCUT2D eigenvalue weighted by Gasteiger charge is -2.27. The molecular formula is C31H30N2O. The Hall–Kier alpha value is -4.24. The molecule has 0 radical (unpaired) electrons. The van der Waals surface area contributed by atoms with Crippen molar-refractivity contribution in [1.82, 2.24) is 4.90 Å². The van der Waals surface area contributed by atoms with Crippen molar-refractivity contribution in [1.29, 1.82) is 0 Å². The number of benzene rings is 3. The number of hydrogen-bond donors (Lipinski definition) is 0. The van der Waals surface area contributed by atoms with E-state index in [1.165, 1.54) is 0 Å². The number of likely N-dealkylation sites (N-methyl/N-ethyl adjacent to an activating group) is 1. The average molecular weight is 447 g/mol. The maximum Gasteiger partial charge on any atom is 0.162 e. The minimum Gasteiger partial charge on any atom is -0.328 e. The number of carbonyl (C=O) groups is 1. The predicted molar refractivity (Wildman–Crippen MR) is 145 cm³/mol. The second kappa shape index (κ2) is 11.1.